The monoisotopic (exact) mass is 261 g/mol. The molecule has 1 aliphatic rings. The molecule has 4 heteroatoms. The van der Waals surface area contributed by atoms with Crippen LogP contribution in [0.1, 0.15) is 36.0 Å². The van der Waals surface area contributed by atoms with E-state index in [-0.39, 0.29) is 5.91 Å². The molecule has 0 spiro atoms. The Morgan fingerprint density at radius 1 is 1.21 bits per heavy atom. The molecule has 1 aromatic carbocycles. The summed E-state index contributed by atoms with van der Waals surface area (Å²) >= 11 is 0. The van der Waals surface area contributed by atoms with Crippen LogP contribution < -0.4 is 5.32 Å². The first-order valence-corrected chi connectivity index (χ1v) is 6.53. The fourth-order valence-electron chi connectivity index (χ4n) is 2.32. The second kappa shape index (κ2) is 5.03. The van der Waals surface area contributed by atoms with Gasteiger partial charge in [-0.25, -0.2) is 4.79 Å². The summed E-state index contributed by atoms with van der Waals surface area (Å²) in [7, 11) is 0. The second-order valence-electron chi connectivity index (χ2n) is 5.43. The minimum Gasteiger partial charge on any atom is -0.480 e. The van der Waals surface area contributed by atoms with Crippen LogP contribution in [0, 0.1) is 13.8 Å². The number of carbonyl (C=O) groups excluding carboxylic acids is 1. The fraction of sp³-hybridized carbons (Fsp3) is 0.467. The molecule has 0 saturated heterocycles. The number of carboxylic acid groups (broad SMARTS) is 1. The Bertz CT molecular complexity index is 498. The van der Waals surface area contributed by atoms with Crippen molar-refractivity contribution in [2.75, 3.05) is 0 Å². The number of amides is 1. The molecule has 0 bridgehead atoms. The van der Waals surface area contributed by atoms with Crippen LogP contribution in [0.2, 0.25) is 0 Å². The Labute approximate surface area is 112 Å². The Hall–Kier alpha value is -1.84. The molecule has 102 valence electrons. The minimum atomic E-state index is -0.973. The lowest BCUT2D eigenvalue weighted by atomic mass is 10.0. The lowest BCUT2D eigenvalue weighted by molar-refractivity contribution is -0.143. The van der Waals surface area contributed by atoms with Crippen molar-refractivity contribution in [2.45, 2.75) is 45.1 Å². The van der Waals surface area contributed by atoms with Gasteiger partial charge in [-0.3, -0.25) is 4.79 Å². The summed E-state index contributed by atoms with van der Waals surface area (Å²) in [6.07, 6.45) is 2.05. The van der Waals surface area contributed by atoms with E-state index in [0.717, 1.165) is 5.56 Å². The quantitative estimate of drug-likeness (QED) is 0.851. The summed E-state index contributed by atoms with van der Waals surface area (Å²) in [6.45, 7) is 4.06. The van der Waals surface area contributed by atoms with Gasteiger partial charge in [0.1, 0.15) is 5.54 Å². The number of hydrogen-bond donors (Lipinski definition) is 2. The van der Waals surface area contributed by atoms with Crippen LogP contribution >= 0.6 is 0 Å². The summed E-state index contributed by atoms with van der Waals surface area (Å²) < 4.78 is 0. The van der Waals surface area contributed by atoms with Gasteiger partial charge in [0.05, 0.1) is 0 Å². The zero-order valence-corrected chi connectivity index (χ0v) is 11.3. The zero-order valence-electron chi connectivity index (χ0n) is 11.3. The Morgan fingerprint density at radius 2 is 1.79 bits per heavy atom. The number of aryl methyl sites for hydroxylation is 3. The molecular formula is C15H19NO3. The number of carboxylic acids is 1. The van der Waals surface area contributed by atoms with Gasteiger partial charge < -0.3 is 10.4 Å². The number of benzene rings is 1. The van der Waals surface area contributed by atoms with Crippen molar-refractivity contribution < 1.29 is 14.7 Å². The highest BCUT2D eigenvalue weighted by Gasteiger charge is 2.51. The maximum Gasteiger partial charge on any atom is 0.329 e. The van der Waals surface area contributed by atoms with Crippen LogP contribution in [0.5, 0.6) is 0 Å². The van der Waals surface area contributed by atoms with E-state index in [1.54, 1.807) is 0 Å². The number of aliphatic carboxylic acids is 1. The van der Waals surface area contributed by atoms with E-state index >= 15 is 0 Å². The van der Waals surface area contributed by atoms with Gasteiger partial charge in [0.15, 0.2) is 0 Å². The highest BCUT2D eigenvalue weighted by atomic mass is 16.4. The highest BCUT2D eigenvalue weighted by molar-refractivity contribution is 5.89. The van der Waals surface area contributed by atoms with Gasteiger partial charge in [0.2, 0.25) is 5.91 Å². The maximum atomic E-state index is 11.8. The molecule has 2 N–H and O–H groups in total. The summed E-state index contributed by atoms with van der Waals surface area (Å²) in [5, 5.41) is 11.6. The molecule has 1 saturated carbocycles. The second-order valence-corrected chi connectivity index (χ2v) is 5.43. The van der Waals surface area contributed by atoms with Crippen LogP contribution in [0.15, 0.2) is 18.2 Å². The van der Waals surface area contributed by atoms with Crippen molar-refractivity contribution in [3.63, 3.8) is 0 Å². The van der Waals surface area contributed by atoms with Crippen LogP contribution in [0.3, 0.4) is 0 Å². The van der Waals surface area contributed by atoms with E-state index in [1.165, 1.54) is 11.1 Å². The van der Waals surface area contributed by atoms with Crippen molar-refractivity contribution in [3.05, 3.63) is 34.9 Å². The van der Waals surface area contributed by atoms with Crippen molar-refractivity contribution in [1.82, 2.24) is 5.32 Å². The Balaban J connectivity index is 1.88. The fourth-order valence-corrected chi connectivity index (χ4v) is 2.32. The molecule has 0 aliphatic heterocycles. The van der Waals surface area contributed by atoms with Gasteiger partial charge in [-0.15, -0.1) is 0 Å². The van der Waals surface area contributed by atoms with Crippen LogP contribution in [0.25, 0.3) is 0 Å². The average Bonchev–Trinajstić information content (AvgIpc) is 3.06. The third kappa shape index (κ3) is 3.34. The Kier molecular flexibility index (Phi) is 3.60. The molecule has 1 fully saturated rings. The first-order valence-electron chi connectivity index (χ1n) is 6.53. The number of nitrogens with one attached hydrogen (secondary N) is 1. The van der Waals surface area contributed by atoms with E-state index in [2.05, 4.69) is 23.5 Å². The molecular weight excluding hydrogens is 242 g/mol. The zero-order chi connectivity index (χ0) is 14.0. The smallest absolute Gasteiger partial charge is 0.329 e. The largest absolute Gasteiger partial charge is 0.480 e. The third-order valence-electron chi connectivity index (χ3n) is 3.46. The SMILES string of the molecule is Cc1cc(C)cc(CCC(=O)NC2(C(=O)O)CC2)c1. The van der Waals surface area contributed by atoms with Crippen LogP contribution in [0.4, 0.5) is 0 Å². The Morgan fingerprint density at radius 3 is 2.26 bits per heavy atom. The summed E-state index contributed by atoms with van der Waals surface area (Å²) in [5.41, 5.74) is 2.51. The summed E-state index contributed by atoms with van der Waals surface area (Å²) in [5.74, 6) is -1.11. The molecule has 1 aromatic rings. The number of carbonyl (C=O) groups is 2. The van der Waals surface area contributed by atoms with Gasteiger partial charge in [0, 0.05) is 6.42 Å². The van der Waals surface area contributed by atoms with Crippen molar-refractivity contribution in [2.24, 2.45) is 0 Å². The normalized spacial score (nSPS) is 15.9. The predicted octanol–water partition coefficient (Wildman–Crippen LogP) is 1.97. The molecule has 0 atom stereocenters. The molecule has 1 amide bonds. The van der Waals surface area contributed by atoms with E-state index in [1.807, 2.05) is 13.8 Å². The molecule has 0 heterocycles. The molecule has 19 heavy (non-hydrogen) atoms. The summed E-state index contributed by atoms with van der Waals surface area (Å²) in [4.78, 5) is 22.7. The highest BCUT2D eigenvalue weighted by Crippen LogP contribution is 2.35. The molecule has 0 radical (unpaired) electrons. The first kappa shape index (κ1) is 13.6. The molecule has 0 aromatic heterocycles. The molecule has 0 unspecified atom stereocenters. The maximum absolute atomic E-state index is 11.8. The van der Waals surface area contributed by atoms with Gasteiger partial charge in [-0.1, -0.05) is 29.3 Å². The molecule has 4 nitrogen and oxygen atoms in total. The van der Waals surface area contributed by atoms with Gasteiger partial charge in [0.25, 0.3) is 0 Å². The lowest BCUT2D eigenvalue weighted by Gasteiger charge is -2.12. The topological polar surface area (TPSA) is 66.4 Å². The average molecular weight is 261 g/mol. The van der Waals surface area contributed by atoms with Crippen molar-refractivity contribution in [1.29, 1.82) is 0 Å². The van der Waals surface area contributed by atoms with Gasteiger partial charge in [-0.2, -0.15) is 0 Å². The van der Waals surface area contributed by atoms with E-state index in [9.17, 15) is 9.59 Å². The van der Waals surface area contributed by atoms with Gasteiger partial charge in [-0.05, 0) is 38.7 Å². The lowest BCUT2D eigenvalue weighted by Crippen LogP contribution is -2.43. The predicted molar refractivity (Wildman–Crippen MR) is 72.0 cm³/mol. The first-order chi connectivity index (χ1) is 8.91. The van der Waals surface area contributed by atoms with Crippen LogP contribution in [-0.4, -0.2) is 22.5 Å². The van der Waals surface area contributed by atoms with E-state index in [4.69, 9.17) is 5.11 Å². The number of hydrogen-bond acceptors (Lipinski definition) is 2. The van der Waals surface area contributed by atoms with E-state index < -0.39 is 11.5 Å². The minimum absolute atomic E-state index is 0.181. The molecule has 1 aliphatic carbocycles. The van der Waals surface area contributed by atoms with Crippen LogP contribution in [-0.2, 0) is 16.0 Å². The van der Waals surface area contributed by atoms with E-state index in [0.29, 0.717) is 25.7 Å². The molecule has 2 rings (SSSR count). The summed E-state index contributed by atoms with van der Waals surface area (Å²) in [6, 6.07) is 6.21. The van der Waals surface area contributed by atoms with Crippen molar-refractivity contribution in [3.8, 4) is 0 Å². The van der Waals surface area contributed by atoms with Gasteiger partial charge >= 0.3 is 5.97 Å². The van der Waals surface area contributed by atoms with Crippen molar-refractivity contribution >= 4 is 11.9 Å². The third-order valence-corrected chi connectivity index (χ3v) is 3.46. The number of rotatable bonds is 5. The standard InChI is InChI=1S/C15H19NO3/c1-10-7-11(2)9-12(8-10)3-4-13(17)16-15(5-6-15)14(18)19/h7-9H,3-6H2,1-2H3,(H,16,17)(H,18,19).